The van der Waals surface area contributed by atoms with Gasteiger partial charge in [0.25, 0.3) is 0 Å². The van der Waals surface area contributed by atoms with Crippen LogP contribution in [0.25, 0.3) is 11.4 Å². The van der Waals surface area contributed by atoms with E-state index in [2.05, 4.69) is 10.6 Å². The van der Waals surface area contributed by atoms with E-state index in [0.29, 0.717) is 45.6 Å². The van der Waals surface area contributed by atoms with Gasteiger partial charge in [-0.1, -0.05) is 12.1 Å². The van der Waals surface area contributed by atoms with Crippen LogP contribution in [-0.2, 0) is 0 Å². The zero-order valence-electron chi connectivity index (χ0n) is 20.2. The highest BCUT2D eigenvalue weighted by atomic mass is 35.5. The quantitative estimate of drug-likeness (QED) is 0.227. The minimum absolute atomic E-state index is 0.194. The second kappa shape index (κ2) is 9.39. The molecule has 0 amide bonds. The summed E-state index contributed by atoms with van der Waals surface area (Å²) in [7, 11) is 0. The number of fused-ring (bicyclic) bond motifs is 4. The summed E-state index contributed by atoms with van der Waals surface area (Å²) in [6.07, 6.45) is 11.9. The number of anilines is 2. The molecule has 6 nitrogen and oxygen atoms in total. The maximum absolute atomic E-state index is 15.1. The van der Waals surface area contributed by atoms with Gasteiger partial charge in [0.1, 0.15) is 23.8 Å². The zero-order chi connectivity index (χ0) is 27.4. The van der Waals surface area contributed by atoms with Gasteiger partial charge in [0.05, 0.1) is 16.7 Å². The Morgan fingerprint density at radius 1 is 0.667 bits per heavy atom. The first-order chi connectivity index (χ1) is 18.8. The lowest BCUT2D eigenvalue weighted by Crippen LogP contribution is -2.49. The average molecular weight is 573 g/mol. The Balaban J connectivity index is 0.000000883. The van der Waals surface area contributed by atoms with Crippen LogP contribution in [0.4, 0.5) is 28.6 Å². The lowest BCUT2D eigenvalue weighted by Gasteiger charge is -2.32. The van der Waals surface area contributed by atoms with Crippen molar-refractivity contribution in [3.63, 3.8) is 0 Å². The van der Waals surface area contributed by atoms with Crippen LogP contribution in [0.5, 0.6) is 0 Å². The van der Waals surface area contributed by atoms with Crippen LogP contribution in [0.2, 0.25) is 0 Å². The van der Waals surface area contributed by atoms with Crippen molar-refractivity contribution in [2.24, 2.45) is 0 Å². The second-order valence-corrected chi connectivity index (χ2v) is 9.83. The van der Waals surface area contributed by atoms with E-state index in [4.69, 9.17) is 23.2 Å². The number of allylic oxidation sites excluding steroid dienone is 4. The summed E-state index contributed by atoms with van der Waals surface area (Å²) >= 11 is 9.53. The molecule has 0 spiro atoms. The molecule has 4 aliphatic rings. The Labute approximate surface area is 231 Å². The number of para-hydroxylation sites is 2. The van der Waals surface area contributed by atoms with Gasteiger partial charge in [-0.25, -0.2) is 0 Å². The molecule has 0 saturated heterocycles. The molecule has 2 aromatic heterocycles. The lowest BCUT2D eigenvalue weighted by molar-refractivity contribution is -0.357. The third-order valence-corrected chi connectivity index (χ3v) is 6.93. The van der Waals surface area contributed by atoms with E-state index >= 15 is 17.3 Å². The van der Waals surface area contributed by atoms with Crippen molar-refractivity contribution in [2.45, 2.75) is 0 Å². The fourth-order valence-corrected chi connectivity index (χ4v) is 5.26. The summed E-state index contributed by atoms with van der Waals surface area (Å²) < 4.78 is 64.3. The van der Waals surface area contributed by atoms with Gasteiger partial charge >= 0.3 is 13.9 Å². The molecule has 0 radical (unpaired) electrons. The fraction of sp³-hybridized carbons (Fsp3) is 0.0400. The number of alkyl halides is 2. The molecule has 0 bridgehead atoms. The highest BCUT2D eigenvalue weighted by Crippen LogP contribution is 2.39. The summed E-state index contributed by atoms with van der Waals surface area (Å²) in [6, 6.07) is 13.7. The summed E-state index contributed by atoms with van der Waals surface area (Å²) in [5, 5.41) is 6.86. The predicted octanol–water partition coefficient (Wildman–Crippen LogP) is 6.05. The van der Waals surface area contributed by atoms with Gasteiger partial charge in [0, 0.05) is 35.7 Å². The van der Waals surface area contributed by atoms with Crippen molar-refractivity contribution in [3.05, 3.63) is 108 Å². The van der Waals surface area contributed by atoms with Gasteiger partial charge in [-0.05, 0) is 48.8 Å². The van der Waals surface area contributed by atoms with Gasteiger partial charge in [0.2, 0.25) is 0 Å². The van der Waals surface area contributed by atoms with E-state index in [-0.39, 0.29) is 5.34 Å². The molecule has 0 aliphatic carbocycles. The molecule has 0 fully saturated rings. The summed E-state index contributed by atoms with van der Waals surface area (Å²) in [5.41, 5.74) is 3.68. The van der Waals surface area contributed by atoms with Gasteiger partial charge in [-0.3, -0.25) is 0 Å². The van der Waals surface area contributed by atoms with Crippen LogP contribution in [0.1, 0.15) is 11.4 Å². The first-order valence-corrected chi connectivity index (χ1v) is 13.1. The van der Waals surface area contributed by atoms with Crippen molar-refractivity contribution in [2.75, 3.05) is 16.0 Å². The first-order valence-electron chi connectivity index (χ1n) is 12.0. The first kappa shape index (κ1) is 25.4. The molecule has 6 heterocycles. The molecule has 14 heteroatoms. The molecular formula is C25H20B2Cl2F4N6. The molecule has 0 unspecified atom stereocenters. The number of aromatic nitrogens is 2. The number of hydrogen-bond donors (Lipinski definition) is 2. The van der Waals surface area contributed by atoms with E-state index in [1.54, 1.807) is 48.6 Å². The Kier molecular flexibility index (Phi) is 6.11. The third-order valence-electron chi connectivity index (χ3n) is 6.93. The fourth-order valence-electron chi connectivity index (χ4n) is 5.26. The van der Waals surface area contributed by atoms with E-state index < -0.39 is 13.9 Å². The van der Waals surface area contributed by atoms with E-state index in [1.807, 2.05) is 24.3 Å². The molecule has 1 aromatic carbocycles. The molecule has 0 saturated carbocycles. The van der Waals surface area contributed by atoms with Crippen LogP contribution < -0.4 is 10.6 Å². The predicted molar refractivity (Wildman–Crippen MR) is 151 cm³/mol. The number of hydrogen-bond acceptors (Lipinski definition) is 2. The Morgan fingerprint density at radius 3 is 1.49 bits per heavy atom. The summed E-state index contributed by atoms with van der Waals surface area (Å²) in [6.45, 7) is -8.01. The minimum Gasteiger partial charge on any atom is -0.395 e. The van der Waals surface area contributed by atoms with Crippen molar-refractivity contribution in [1.29, 1.82) is 0 Å². The van der Waals surface area contributed by atoms with E-state index in [9.17, 15) is 0 Å². The Bertz CT molecular complexity index is 1560. The number of nitrogens with zero attached hydrogens (tertiary/aromatic N) is 4. The van der Waals surface area contributed by atoms with Crippen LogP contribution in [-0.4, -0.2) is 49.6 Å². The number of halogens is 6. The number of benzene rings is 1. The van der Waals surface area contributed by atoms with Crippen molar-refractivity contribution in [3.8, 4) is 0 Å². The van der Waals surface area contributed by atoms with Gasteiger partial charge in [0.15, 0.2) is 11.4 Å². The highest BCUT2D eigenvalue weighted by molar-refractivity contribution is 6.58. The van der Waals surface area contributed by atoms with Crippen molar-refractivity contribution >= 4 is 72.3 Å². The van der Waals surface area contributed by atoms with Crippen molar-refractivity contribution in [1.82, 2.24) is 8.96 Å². The van der Waals surface area contributed by atoms with Gasteiger partial charge in [-0.2, -0.15) is 0 Å². The smallest absolute Gasteiger partial charge is 0.395 e. The molecule has 3 aromatic rings. The monoisotopic (exact) mass is 572 g/mol. The van der Waals surface area contributed by atoms with Crippen LogP contribution >= 0.6 is 23.2 Å². The molecule has 4 aliphatic heterocycles. The maximum Gasteiger partial charge on any atom is 0.737 e. The van der Waals surface area contributed by atoms with E-state index in [1.165, 1.54) is 24.8 Å². The number of rotatable bonds is 4. The molecule has 198 valence electrons. The molecular weight excluding hydrogens is 553 g/mol. The lowest BCUT2D eigenvalue weighted by atomic mass is 9.90. The maximum atomic E-state index is 15.1. The standard InChI is InChI=1S/C24H18B2F4N6.CH2Cl2/c27-25(28)33-13-3-9-19(33)23(20-10-4-14-34(20)25)31-17-7-1-2-8-18(17)32-24-21-11-5-15-35(21)26(29,30)36-16-6-12-22(24)36;2-1-3/h1-16,31-32H;1H2. The van der Waals surface area contributed by atoms with Crippen molar-refractivity contribution < 1.29 is 26.2 Å². The second-order valence-electron chi connectivity index (χ2n) is 9.03. The Morgan fingerprint density at radius 2 is 1.08 bits per heavy atom. The van der Waals surface area contributed by atoms with Crippen LogP contribution in [0, 0.1) is 0 Å². The molecule has 39 heavy (non-hydrogen) atoms. The third kappa shape index (κ3) is 3.89. The zero-order valence-corrected chi connectivity index (χ0v) is 21.7. The van der Waals surface area contributed by atoms with Crippen LogP contribution in [0.15, 0.2) is 96.6 Å². The summed E-state index contributed by atoms with van der Waals surface area (Å²) in [5.74, 6) is 0. The average Bonchev–Trinajstić information content (AvgIpc) is 3.72. The van der Waals surface area contributed by atoms with Crippen LogP contribution in [0.3, 0.4) is 0 Å². The number of nitrogens with one attached hydrogen (secondary N) is 2. The normalized spacial score (nSPS) is 18.9. The largest absolute Gasteiger partial charge is 0.737 e. The van der Waals surface area contributed by atoms with Gasteiger partial charge < -0.3 is 45.8 Å². The topological polar surface area (TPSA) is 39.9 Å². The SMILES string of the molecule is ClCCl.F[B-]1(F)n2cccc2C(Nc2ccccc2NC2=C3C=CC=[N+]3[B-](F)(F)n3cccc32)=C2C=CC=[N+]21. The Hall–Kier alpha value is -3.89. The highest BCUT2D eigenvalue weighted by Gasteiger charge is 2.52. The van der Waals surface area contributed by atoms with Gasteiger partial charge in [-0.15, -0.1) is 23.2 Å². The summed E-state index contributed by atoms with van der Waals surface area (Å²) in [4.78, 5) is 0. The molecule has 2 N–H and O–H groups in total. The molecule has 0 atom stereocenters. The van der Waals surface area contributed by atoms with E-state index in [0.717, 1.165) is 17.9 Å². The molecule has 7 rings (SSSR count). The minimum atomic E-state index is -4.01.